The highest BCUT2D eigenvalue weighted by Gasteiger charge is 2.18. The second kappa shape index (κ2) is 10.4. The molecule has 2 aromatic carbocycles. The van der Waals surface area contributed by atoms with Crippen LogP contribution in [-0.4, -0.2) is 42.4 Å². The Morgan fingerprint density at radius 3 is 2.34 bits per heavy atom. The molecular weight excluding hydrogens is 375 g/mol. The number of esters is 1. The highest BCUT2D eigenvalue weighted by atomic mass is 19.1. The molecular formula is C22H25FN2O4. The van der Waals surface area contributed by atoms with E-state index in [2.05, 4.69) is 5.32 Å². The second-order valence-electron chi connectivity index (χ2n) is 6.69. The van der Waals surface area contributed by atoms with Crippen LogP contribution in [0.25, 0.3) is 0 Å². The first kappa shape index (κ1) is 22.1. The minimum Gasteiger partial charge on any atom is -0.452 e. The van der Waals surface area contributed by atoms with Gasteiger partial charge in [0, 0.05) is 13.1 Å². The number of hydrogen-bond acceptors (Lipinski definition) is 4. The van der Waals surface area contributed by atoms with Crippen molar-refractivity contribution in [3.8, 4) is 0 Å². The molecule has 0 radical (unpaired) electrons. The number of carbonyl (C=O) groups is 3. The van der Waals surface area contributed by atoms with Crippen LogP contribution in [0.5, 0.6) is 0 Å². The average Bonchev–Trinajstić information content (AvgIpc) is 2.71. The van der Waals surface area contributed by atoms with Crippen LogP contribution in [0.15, 0.2) is 42.5 Å². The zero-order valence-corrected chi connectivity index (χ0v) is 16.8. The van der Waals surface area contributed by atoms with Gasteiger partial charge in [-0.2, -0.15) is 0 Å². The van der Waals surface area contributed by atoms with Gasteiger partial charge >= 0.3 is 5.97 Å². The minimum absolute atomic E-state index is 0.155. The summed E-state index contributed by atoms with van der Waals surface area (Å²) in [6, 6.07) is 10.9. The average molecular weight is 400 g/mol. The van der Waals surface area contributed by atoms with E-state index in [0.29, 0.717) is 12.1 Å². The van der Waals surface area contributed by atoms with Gasteiger partial charge in [-0.3, -0.25) is 9.59 Å². The van der Waals surface area contributed by atoms with E-state index in [1.54, 1.807) is 31.2 Å². The number of halogens is 1. The quantitative estimate of drug-likeness (QED) is 0.692. The zero-order valence-electron chi connectivity index (χ0n) is 16.8. The molecule has 0 saturated heterocycles. The van der Waals surface area contributed by atoms with Gasteiger partial charge < -0.3 is 15.0 Å². The lowest BCUT2D eigenvalue weighted by Crippen LogP contribution is -2.42. The molecule has 2 rings (SSSR count). The highest BCUT2D eigenvalue weighted by molar-refractivity contribution is 5.92. The molecule has 0 fully saturated rings. The third kappa shape index (κ3) is 6.71. The van der Waals surface area contributed by atoms with E-state index in [0.717, 1.165) is 16.7 Å². The fourth-order valence-electron chi connectivity index (χ4n) is 2.58. The normalized spacial score (nSPS) is 10.3. The van der Waals surface area contributed by atoms with Gasteiger partial charge in [0.1, 0.15) is 5.82 Å². The summed E-state index contributed by atoms with van der Waals surface area (Å²) in [6.07, 6.45) is 0. The van der Waals surface area contributed by atoms with Gasteiger partial charge in [-0.25, -0.2) is 9.18 Å². The molecule has 0 aromatic heterocycles. The molecule has 2 amide bonds. The maximum Gasteiger partial charge on any atom is 0.338 e. The summed E-state index contributed by atoms with van der Waals surface area (Å²) < 4.78 is 18.0. The molecule has 1 N–H and O–H groups in total. The van der Waals surface area contributed by atoms with Gasteiger partial charge in [-0.05, 0) is 61.7 Å². The van der Waals surface area contributed by atoms with Crippen LogP contribution in [0.4, 0.5) is 4.39 Å². The van der Waals surface area contributed by atoms with Crippen molar-refractivity contribution in [3.63, 3.8) is 0 Å². The van der Waals surface area contributed by atoms with Gasteiger partial charge in [0.15, 0.2) is 6.61 Å². The zero-order chi connectivity index (χ0) is 21.4. The Hall–Kier alpha value is -3.22. The van der Waals surface area contributed by atoms with E-state index in [9.17, 15) is 18.8 Å². The predicted octanol–water partition coefficient (Wildman–Crippen LogP) is 2.76. The summed E-state index contributed by atoms with van der Waals surface area (Å²) in [6.45, 7) is 5.49. The SMILES string of the molecule is CCN(CC(=O)NCc1ccc(F)cc1)C(=O)COC(=O)c1ccc(C)c(C)c1. The Bertz CT molecular complexity index is 881. The van der Waals surface area contributed by atoms with E-state index >= 15 is 0 Å². The number of carbonyl (C=O) groups excluding carboxylic acids is 3. The Morgan fingerprint density at radius 2 is 1.72 bits per heavy atom. The number of aryl methyl sites for hydroxylation is 2. The van der Waals surface area contributed by atoms with Gasteiger partial charge in [0.05, 0.1) is 12.1 Å². The fraction of sp³-hybridized carbons (Fsp3) is 0.318. The number of nitrogens with one attached hydrogen (secondary N) is 1. The molecule has 29 heavy (non-hydrogen) atoms. The van der Waals surface area contributed by atoms with Crippen molar-refractivity contribution in [2.75, 3.05) is 19.7 Å². The Labute approximate surface area is 169 Å². The molecule has 154 valence electrons. The first-order valence-electron chi connectivity index (χ1n) is 9.33. The van der Waals surface area contributed by atoms with Crippen LogP contribution in [0.2, 0.25) is 0 Å². The molecule has 0 atom stereocenters. The molecule has 0 heterocycles. The first-order valence-corrected chi connectivity index (χ1v) is 9.33. The minimum atomic E-state index is -0.585. The predicted molar refractivity (Wildman–Crippen MR) is 107 cm³/mol. The Balaban J connectivity index is 1.82. The molecule has 6 nitrogen and oxygen atoms in total. The summed E-state index contributed by atoms with van der Waals surface area (Å²) in [5, 5.41) is 2.68. The fourth-order valence-corrected chi connectivity index (χ4v) is 2.58. The number of likely N-dealkylation sites (N-methyl/N-ethyl adjacent to an activating group) is 1. The third-order valence-corrected chi connectivity index (χ3v) is 4.54. The summed E-state index contributed by atoms with van der Waals surface area (Å²) in [4.78, 5) is 37.8. The number of amides is 2. The first-order chi connectivity index (χ1) is 13.8. The molecule has 2 aromatic rings. The molecule has 0 aliphatic rings. The number of ether oxygens (including phenoxy) is 1. The molecule has 0 bridgehead atoms. The van der Waals surface area contributed by atoms with E-state index < -0.39 is 18.5 Å². The molecule has 7 heteroatoms. The van der Waals surface area contributed by atoms with Crippen LogP contribution < -0.4 is 5.32 Å². The van der Waals surface area contributed by atoms with Crippen molar-refractivity contribution < 1.29 is 23.5 Å². The monoisotopic (exact) mass is 400 g/mol. The number of nitrogens with zero attached hydrogens (tertiary/aromatic N) is 1. The van der Waals surface area contributed by atoms with E-state index in [-0.39, 0.29) is 24.8 Å². The Morgan fingerprint density at radius 1 is 1.03 bits per heavy atom. The van der Waals surface area contributed by atoms with Crippen LogP contribution in [0.1, 0.15) is 34.0 Å². The standard InChI is InChI=1S/C22H25FN2O4/c1-4-25(13-20(26)24-12-17-6-9-19(23)10-7-17)21(27)14-29-22(28)18-8-5-15(2)16(3)11-18/h5-11H,4,12-14H2,1-3H3,(H,24,26). The number of rotatable bonds is 8. The van der Waals surface area contributed by atoms with Crippen molar-refractivity contribution >= 4 is 17.8 Å². The van der Waals surface area contributed by atoms with Gasteiger partial charge in [0.2, 0.25) is 5.91 Å². The van der Waals surface area contributed by atoms with Crippen molar-refractivity contribution in [3.05, 3.63) is 70.5 Å². The number of hydrogen-bond donors (Lipinski definition) is 1. The van der Waals surface area contributed by atoms with Gasteiger partial charge in [0.25, 0.3) is 5.91 Å². The van der Waals surface area contributed by atoms with Crippen molar-refractivity contribution in [2.24, 2.45) is 0 Å². The van der Waals surface area contributed by atoms with Crippen molar-refractivity contribution in [2.45, 2.75) is 27.3 Å². The summed E-state index contributed by atoms with van der Waals surface area (Å²) in [5.41, 5.74) is 3.14. The van der Waals surface area contributed by atoms with E-state index in [1.165, 1.54) is 17.0 Å². The van der Waals surface area contributed by atoms with Crippen molar-refractivity contribution in [1.82, 2.24) is 10.2 Å². The molecule has 0 saturated carbocycles. The van der Waals surface area contributed by atoms with Crippen molar-refractivity contribution in [1.29, 1.82) is 0 Å². The lowest BCUT2D eigenvalue weighted by atomic mass is 10.1. The van der Waals surface area contributed by atoms with E-state index in [1.807, 2.05) is 19.9 Å². The number of benzene rings is 2. The maximum absolute atomic E-state index is 12.9. The third-order valence-electron chi connectivity index (χ3n) is 4.54. The van der Waals surface area contributed by atoms with Crippen LogP contribution in [-0.2, 0) is 20.9 Å². The lowest BCUT2D eigenvalue weighted by Gasteiger charge is -2.20. The van der Waals surface area contributed by atoms with Crippen LogP contribution >= 0.6 is 0 Å². The molecule has 0 spiro atoms. The maximum atomic E-state index is 12.9. The highest BCUT2D eigenvalue weighted by Crippen LogP contribution is 2.11. The molecule has 0 aliphatic carbocycles. The largest absolute Gasteiger partial charge is 0.452 e. The second-order valence-corrected chi connectivity index (χ2v) is 6.69. The summed E-state index contributed by atoms with van der Waals surface area (Å²) >= 11 is 0. The van der Waals surface area contributed by atoms with E-state index in [4.69, 9.17) is 4.74 Å². The van der Waals surface area contributed by atoms with Gasteiger partial charge in [-0.1, -0.05) is 18.2 Å². The van der Waals surface area contributed by atoms with Crippen LogP contribution in [0, 0.1) is 19.7 Å². The summed E-state index contributed by atoms with van der Waals surface area (Å²) in [5.74, 6) is -1.75. The summed E-state index contributed by atoms with van der Waals surface area (Å²) in [7, 11) is 0. The van der Waals surface area contributed by atoms with Crippen LogP contribution in [0.3, 0.4) is 0 Å². The Kier molecular flexibility index (Phi) is 7.88. The van der Waals surface area contributed by atoms with Gasteiger partial charge in [-0.15, -0.1) is 0 Å². The topological polar surface area (TPSA) is 75.7 Å². The molecule has 0 aliphatic heterocycles. The smallest absolute Gasteiger partial charge is 0.338 e. The lowest BCUT2D eigenvalue weighted by molar-refractivity contribution is -0.138. The molecule has 0 unspecified atom stereocenters.